The number of carbonyl (C=O) groups excluding carboxylic acids is 2. The van der Waals surface area contributed by atoms with Crippen molar-refractivity contribution in [1.82, 2.24) is 0 Å². The van der Waals surface area contributed by atoms with Crippen molar-refractivity contribution in [2.45, 2.75) is 27.2 Å². The summed E-state index contributed by atoms with van der Waals surface area (Å²) in [5.74, 6) is -0.502. The Kier molecular flexibility index (Phi) is 5.84. The van der Waals surface area contributed by atoms with Crippen LogP contribution < -0.4 is 0 Å². The Morgan fingerprint density at radius 3 is 2.36 bits per heavy atom. The second kappa shape index (κ2) is 6.35. The monoisotopic (exact) mass is 198 g/mol. The van der Waals surface area contributed by atoms with Gasteiger partial charge in [0, 0.05) is 6.42 Å². The van der Waals surface area contributed by atoms with Gasteiger partial charge in [-0.25, -0.2) is 0 Å². The number of hydrogen-bond acceptors (Lipinski definition) is 3. The van der Waals surface area contributed by atoms with E-state index in [0.717, 1.165) is 0 Å². The van der Waals surface area contributed by atoms with Crippen molar-refractivity contribution < 1.29 is 14.3 Å². The number of hydrogen-bond donors (Lipinski definition) is 0. The van der Waals surface area contributed by atoms with Gasteiger partial charge < -0.3 is 9.53 Å². The van der Waals surface area contributed by atoms with Gasteiger partial charge in [0.25, 0.3) is 0 Å². The lowest BCUT2D eigenvalue weighted by Gasteiger charge is -2.17. The van der Waals surface area contributed by atoms with E-state index in [-0.39, 0.29) is 23.6 Å². The SMILES string of the molecule is C/C=C/[C@@H](C(=O)OC)[C@H](C)CC(C)=O. The first kappa shape index (κ1) is 12.9. The average molecular weight is 198 g/mol. The van der Waals surface area contributed by atoms with Gasteiger partial charge in [0.1, 0.15) is 5.78 Å². The molecule has 0 aromatic carbocycles. The fraction of sp³-hybridized carbons (Fsp3) is 0.636. The summed E-state index contributed by atoms with van der Waals surface area (Å²) in [7, 11) is 1.36. The molecule has 0 saturated carbocycles. The van der Waals surface area contributed by atoms with E-state index in [0.29, 0.717) is 6.42 Å². The molecule has 0 radical (unpaired) electrons. The predicted octanol–water partition coefficient (Wildman–Crippen LogP) is 1.97. The molecule has 0 aromatic heterocycles. The summed E-state index contributed by atoms with van der Waals surface area (Å²) in [6.07, 6.45) is 3.99. The van der Waals surface area contributed by atoms with Crippen LogP contribution in [0.4, 0.5) is 0 Å². The zero-order valence-electron chi connectivity index (χ0n) is 9.24. The minimum atomic E-state index is -0.311. The normalized spacial score (nSPS) is 15.1. The smallest absolute Gasteiger partial charge is 0.312 e. The fourth-order valence-corrected chi connectivity index (χ4v) is 1.42. The third kappa shape index (κ3) is 4.21. The maximum Gasteiger partial charge on any atom is 0.312 e. The molecule has 0 heterocycles. The lowest BCUT2D eigenvalue weighted by atomic mass is 9.89. The minimum Gasteiger partial charge on any atom is -0.469 e. The van der Waals surface area contributed by atoms with E-state index in [1.54, 1.807) is 12.2 Å². The highest BCUT2D eigenvalue weighted by molar-refractivity contribution is 5.78. The molecule has 0 unspecified atom stereocenters. The molecule has 3 nitrogen and oxygen atoms in total. The van der Waals surface area contributed by atoms with E-state index in [4.69, 9.17) is 0 Å². The third-order valence-electron chi connectivity index (χ3n) is 2.10. The maximum atomic E-state index is 11.3. The molecule has 0 aliphatic carbocycles. The number of allylic oxidation sites excluding steroid dienone is 1. The molecule has 14 heavy (non-hydrogen) atoms. The summed E-state index contributed by atoms with van der Waals surface area (Å²) in [6.45, 7) is 5.25. The van der Waals surface area contributed by atoms with Crippen LogP contribution >= 0.6 is 0 Å². The lowest BCUT2D eigenvalue weighted by Crippen LogP contribution is -2.22. The van der Waals surface area contributed by atoms with Crippen LogP contribution in [-0.4, -0.2) is 18.9 Å². The van der Waals surface area contributed by atoms with E-state index >= 15 is 0 Å². The van der Waals surface area contributed by atoms with Crippen LogP contribution in [0.2, 0.25) is 0 Å². The second-order valence-electron chi connectivity index (χ2n) is 3.46. The number of ketones is 1. The van der Waals surface area contributed by atoms with Crippen LogP contribution in [0.25, 0.3) is 0 Å². The quantitative estimate of drug-likeness (QED) is 0.501. The zero-order valence-corrected chi connectivity index (χ0v) is 9.24. The molecule has 2 atom stereocenters. The molecule has 0 fully saturated rings. The Balaban J connectivity index is 4.47. The molecule has 0 N–H and O–H groups in total. The van der Waals surface area contributed by atoms with E-state index in [1.165, 1.54) is 14.0 Å². The zero-order chi connectivity index (χ0) is 11.1. The number of methoxy groups -OCH3 is 1. The fourth-order valence-electron chi connectivity index (χ4n) is 1.42. The average Bonchev–Trinajstić information content (AvgIpc) is 2.11. The van der Waals surface area contributed by atoms with Gasteiger partial charge in [0.15, 0.2) is 0 Å². The summed E-state index contributed by atoms with van der Waals surface area (Å²) in [4.78, 5) is 22.2. The predicted molar refractivity (Wildman–Crippen MR) is 54.8 cm³/mol. The van der Waals surface area contributed by atoms with Gasteiger partial charge in [0.2, 0.25) is 0 Å². The van der Waals surface area contributed by atoms with Crippen molar-refractivity contribution in [3.05, 3.63) is 12.2 Å². The first-order valence-electron chi connectivity index (χ1n) is 4.73. The summed E-state index contributed by atoms with van der Waals surface area (Å²) in [5.41, 5.74) is 0. The van der Waals surface area contributed by atoms with Crippen LogP contribution in [0.5, 0.6) is 0 Å². The minimum absolute atomic E-state index is 0.00356. The van der Waals surface area contributed by atoms with Gasteiger partial charge in [-0.15, -0.1) is 0 Å². The summed E-state index contributed by atoms with van der Waals surface area (Å²) < 4.78 is 4.67. The van der Waals surface area contributed by atoms with E-state index in [2.05, 4.69) is 4.74 Å². The first-order valence-corrected chi connectivity index (χ1v) is 4.73. The van der Waals surface area contributed by atoms with Crippen LogP contribution in [0.15, 0.2) is 12.2 Å². The van der Waals surface area contributed by atoms with Gasteiger partial charge in [0.05, 0.1) is 13.0 Å². The molecular formula is C11H18O3. The molecule has 0 spiro atoms. The van der Waals surface area contributed by atoms with Crippen molar-refractivity contribution >= 4 is 11.8 Å². The Bertz CT molecular complexity index is 231. The number of Topliss-reactive ketones (excluding diaryl/α,β-unsaturated/α-hetero) is 1. The van der Waals surface area contributed by atoms with Gasteiger partial charge >= 0.3 is 5.97 Å². The number of ether oxygens (including phenoxy) is 1. The van der Waals surface area contributed by atoms with E-state index < -0.39 is 0 Å². The third-order valence-corrected chi connectivity index (χ3v) is 2.10. The summed E-state index contributed by atoms with van der Waals surface area (Å²) in [6, 6.07) is 0. The second-order valence-corrected chi connectivity index (χ2v) is 3.46. The van der Waals surface area contributed by atoms with Crippen LogP contribution in [0.1, 0.15) is 27.2 Å². The van der Waals surface area contributed by atoms with Gasteiger partial charge in [-0.2, -0.15) is 0 Å². The van der Waals surface area contributed by atoms with Crippen molar-refractivity contribution in [2.24, 2.45) is 11.8 Å². The van der Waals surface area contributed by atoms with Crippen LogP contribution in [-0.2, 0) is 14.3 Å². The molecule has 80 valence electrons. The molecule has 3 heteroatoms. The molecule has 0 amide bonds. The Hall–Kier alpha value is -1.12. The lowest BCUT2D eigenvalue weighted by molar-refractivity contribution is -0.145. The van der Waals surface area contributed by atoms with Crippen LogP contribution in [0.3, 0.4) is 0 Å². The Morgan fingerprint density at radius 2 is 2.00 bits per heavy atom. The molecule has 0 aliphatic heterocycles. The summed E-state index contributed by atoms with van der Waals surface area (Å²) in [5, 5.41) is 0. The molecule has 0 rings (SSSR count). The largest absolute Gasteiger partial charge is 0.469 e. The van der Waals surface area contributed by atoms with Crippen molar-refractivity contribution in [3.8, 4) is 0 Å². The van der Waals surface area contributed by atoms with Crippen molar-refractivity contribution in [2.75, 3.05) is 7.11 Å². The first-order chi connectivity index (χ1) is 6.52. The van der Waals surface area contributed by atoms with Gasteiger partial charge in [-0.1, -0.05) is 19.1 Å². The molecule has 0 bridgehead atoms. The van der Waals surface area contributed by atoms with Crippen molar-refractivity contribution in [3.63, 3.8) is 0 Å². The highest BCUT2D eigenvalue weighted by Gasteiger charge is 2.23. The highest BCUT2D eigenvalue weighted by atomic mass is 16.5. The maximum absolute atomic E-state index is 11.3. The van der Waals surface area contributed by atoms with Gasteiger partial charge in [-0.3, -0.25) is 4.79 Å². The Labute approximate surface area is 85.1 Å². The van der Waals surface area contributed by atoms with Gasteiger partial charge in [-0.05, 0) is 19.8 Å². The molecule has 0 aromatic rings. The van der Waals surface area contributed by atoms with E-state index in [1.807, 2.05) is 13.8 Å². The topological polar surface area (TPSA) is 43.4 Å². The molecular weight excluding hydrogens is 180 g/mol. The van der Waals surface area contributed by atoms with Crippen LogP contribution in [0, 0.1) is 11.8 Å². The summed E-state index contributed by atoms with van der Waals surface area (Å²) >= 11 is 0. The number of rotatable bonds is 5. The Morgan fingerprint density at radius 1 is 1.43 bits per heavy atom. The standard InChI is InChI=1S/C11H18O3/c1-5-6-10(11(13)14-4)8(2)7-9(3)12/h5-6,8,10H,7H2,1-4H3/b6-5+/t8-,10-/m1/s1. The molecule has 0 aliphatic rings. The number of esters is 1. The number of carbonyl (C=O) groups is 2. The van der Waals surface area contributed by atoms with Crippen molar-refractivity contribution in [1.29, 1.82) is 0 Å². The molecule has 0 saturated heterocycles. The highest BCUT2D eigenvalue weighted by Crippen LogP contribution is 2.18. The van der Waals surface area contributed by atoms with E-state index in [9.17, 15) is 9.59 Å².